The van der Waals surface area contributed by atoms with Crippen molar-refractivity contribution < 1.29 is 27.4 Å². The van der Waals surface area contributed by atoms with Crippen LogP contribution in [-0.4, -0.2) is 46.8 Å². The van der Waals surface area contributed by atoms with Gasteiger partial charge in [-0.2, -0.15) is 0 Å². The van der Waals surface area contributed by atoms with Crippen molar-refractivity contribution in [2.45, 2.75) is 16.8 Å². The van der Waals surface area contributed by atoms with E-state index in [2.05, 4.69) is 15.3 Å². The van der Waals surface area contributed by atoms with Crippen molar-refractivity contribution >= 4 is 48.6 Å². The van der Waals surface area contributed by atoms with Crippen LogP contribution in [0.5, 0.6) is 17.2 Å². The van der Waals surface area contributed by atoms with E-state index in [4.69, 9.17) is 14.2 Å². The van der Waals surface area contributed by atoms with Gasteiger partial charge in [0.05, 0.1) is 35.1 Å². The van der Waals surface area contributed by atoms with E-state index in [-0.39, 0.29) is 10.6 Å². The van der Waals surface area contributed by atoms with E-state index in [9.17, 15) is 13.2 Å². The van der Waals surface area contributed by atoms with Crippen molar-refractivity contribution in [2.75, 3.05) is 26.6 Å². The molecule has 1 amide bonds. The van der Waals surface area contributed by atoms with Crippen LogP contribution in [0.2, 0.25) is 0 Å². The van der Waals surface area contributed by atoms with Gasteiger partial charge in [0, 0.05) is 31.0 Å². The number of ether oxygens (including phenoxy) is 3. The molecule has 0 aliphatic carbocycles. The zero-order chi connectivity index (χ0) is 30.4. The second kappa shape index (κ2) is 13.1. The molecule has 5 aromatic rings. The smallest absolute Gasteiger partial charge is 0.271 e. The molecule has 1 atom stereocenters. The average Bonchev–Trinajstić information content (AvgIpc) is 3.41. The Balaban J connectivity index is 1.43. The number of amides is 1. The number of aromatic nitrogens is 1. The number of benzene rings is 4. The molecule has 0 fully saturated rings. The molecule has 0 aliphatic rings. The maximum Gasteiger partial charge on any atom is 0.271 e. The zero-order valence-corrected chi connectivity index (χ0v) is 25.3. The van der Waals surface area contributed by atoms with Gasteiger partial charge >= 0.3 is 0 Å². The number of fused-ring (bicyclic) bond motifs is 1. The van der Waals surface area contributed by atoms with E-state index in [1.54, 1.807) is 88.1 Å². The topological polar surface area (TPSA) is 116 Å². The lowest BCUT2D eigenvalue weighted by Gasteiger charge is -2.19. The Hall–Kier alpha value is -4.74. The third kappa shape index (κ3) is 7.02. The van der Waals surface area contributed by atoms with Crippen molar-refractivity contribution in [1.29, 1.82) is 0 Å². The van der Waals surface area contributed by atoms with Crippen molar-refractivity contribution in [3.05, 3.63) is 108 Å². The van der Waals surface area contributed by atoms with Crippen LogP contribution >= 0.6 is 11.3 Å². The van der Waals surface area contributed by atoms with Crippen molar-refractivity contribution in [3.63, 3.8) is 0 Å². The van der Waals surface area contributed by atoms with Crippen molar-refractivity contribution in [3.8, 4) is 17.2 Å². The van der Waals surface area contributed by atoms with Crippen LogP contribution in [0.25, 0.3) is 10.2 Å². The minimum Gasteiger partial charge on any atom is -0.493 e. The lowest BCUT2D eigenvalue weighted by Crippen LogP contribution is -2.25. The molecule has 0 radical (unpaired) electrons. The standard InChI is InChI=1S/C32H29N3O6S2/c1-33-19-21-9-13-24(14-10-21)41-30(23-11-15-25(16-12-23)43(37,38)20-22-7-5-4-6-8-22)31(36)35-32-34-26-17-27(39-2)28(40-3)18-29(26)42-32/h4-19,30H,20H2,1-3H3,(H,34,35,36)/b33-19+. The molecule has 4 aromatic carbocycles. The minimum absolute atomic E-state index is 0.131. The molecule has 0 saturated heterocycles. The normalized spacial score (nSPS) is 12.3. The summed E-state index contributed by atoms with van der Waals surface area (Å²) in [5.74, 6) is 0.925. The van der Waals surface area contributed by atoms with E-state index in [0.29, 0.717) is 39.0 Å². The van der Waals surface area contributed by atoms with Crippen LogP contribution in [0.4, 0.5) is 5.13 Å². The molecular formula is C32H29N3O6S2. The summed E-state index contributed by atoms with van der Waals surface area (Å²) in [6, 6.07) is 25.8. The summed E-state index contributed by atoms with van der Waals surface area (Å²) in [5.41, 5.74) is 2.68. The molecule has 1 aromatic heterocycles. The van der Waals surface area contributed by atoms with Gasteiger partial charge in [0.15, 0.2) is 26.5 Å². The molecule has 5 rings (SSSR count). The Morgan fingerprint density at radius 3 is 2.28 bits per heavy atom. The van der Waals surface area contributed by atoms with E-state index in [1.807, 2.05) is 18.2 Å². The number of nitrogens with one attached hydrogen (secondary N) is 1. The fourth-order valence-corrected chi connectivity index (χ4v) is 6.62. The molecule has 220 valence electrons. The van der Waals surface area contributed by atoms with Gasteiger partial charge in [0.2, 0.25) is 6.10 Å². The number of thiazole rings is 1. The molecule has 11 heteroatoms. The van der Waals surface area contributed by atoms with Gasteiger partial charge in [0.25, 0.3) is 5.91 Å². The SMILES string of the molecule is C/N=C/c1ccc(OC(C(=O)Nc2nc3cc(OC)c(OC)cc3s2)c2ccc(S(=O)(=O)Cc3ccccc3)cc2)cc1. The lowest BCUT2D eigenvalue weighted by atomic mass is 10.1. The summed E-state index contributed by atoms with van der Waals surface area (Å²) < 4.78 is 43.8. The highest BCUT2D eigenvalue weighted by Crippen LogP contribution is 2.36. The Bertz CT molecular complexity index is 1810. The first-order chi connectivity index (χ1) is 20.8. The summed E-state index contributed by atoms with van der Waals surface area (Å²) in [6.07, 6.45) is 0.604. The number of rotatable bonds is 11. The quantitative estimate of drug-likeness (QED) is 0.179. The fraction of sp³-hybridized carbons (Fsp3) is 0.156. The number of methoxy groups -OCH3 is 2. The Kier molecular flexibility index (Phi) is 9.03. The monoisotopic (exact) mass is 615 g/mol. The third-order valence-corrected chi connectivity index (χ3v) is 9.15. The summed E-state index contributed by atoms with van der Waals surface area (Å²) in [4.78, 5) is 22.4. The second-order valence-electron chi connectivity index (χ2n) is 9.45. The number of carbonyl (C=O) groups is 1. The van der Waals surface area contributed by atoms with Crippen LogP contribution in [-0.2, 0) is 20.4 Å². The van der Waals surface area contributed by atoms with Gasteiger partial charge in [-0.3, -0.25) is 15.1 Å². The Labute approximate surface area is 253 Å². The first-order valence-corrected chi connectivity index (χ1v) is 15.7. The van der Waals surface area contributed by atoms with Gasteiger partial charge in [-0.1, -0.05) is 53.8 Å². The third-order valence-electron chi connectivity index (χ3n) is 6.52. The minimum atomic E-state index is -3.60. The Morgan fingerprint density at radius 1 is 0.953 bits per heavy atom. The number of hydrogen-bond acceptors (Lipinski definition) is 9. The molecular weight excluding hydrogens is 587 g/mol. The first-order valence-electron chi connectivity index (χ1n) is 13.2. The summed E-state index contributed by atoms with van der Waals surface area (Å²) >= 11 is 1.28. The fourth-order valence-electron chi connectivity index (χ4n) is 4.40. The maximum absolute atomic E-state index is 13.7. The molecule has 9 nitrogen and oxygen atoms in total. The average molecular weight is 616 g/mol. The number of carbonyl (C=O) groups excluding carboxylic acids is 1. The van der Waals surface area contributed by atoms with E-state index in [1.165, 1.54) is 23.5 Å². The molecule has 1 N–H and O–H groups in total. The van der Waals surface area contributed by atoms with Crippen LogP contribution in [0.3, 0.4) is 0 Å². The van der Waals surface area contributed by atoms with Gasteiger partial charge in [-0.15, -0.1) is 0 Å². The summed E-state index contributed by atoms with van der Waals surface area (Å²) in [5, 5.41) is 3.22. The molecule has 0 bridgehead atoms. The predicted molar refractivity (Wildman–Crippen MR) is 168 cm³/mol. The molecule has 0 spiro atoms. The van der Waals surface area contributed by atoms with Gasteiger partial charge < -0.3 is 14.2 Å². The molecule has 43 heavy (non-hydrogen) atoms. The van der Waals surface area contributed by atoms with E-state index >= 15 is 0 Å². The number of anilines is 1. The predicted octanol–water partition coefficient (Wildman–Crippen LogP) is 6.09. The highest BCUT2D eigenvalue weighted by Gasteiger charge is 2.26. The Morgan fingerprint density at radius 2 is 1.63 bits per heavy atom. The van der Waals surface area contributed by atoms with E-state index < -0.39 is 21.8 Å². The lowest BCUT2D eigenvalue weighted by molar-refractivity contribution is -0.123. The molecule has 1 heterocycles. The zero-order valence-electron chi connectivity index (χ0n) is 23.7. The highest BCUT2D eigenvalue weighted by molar-refractivity contribution is 7.90. The van der Waals surface area contributed by atoms with Crippen molar-refractivity contribution in [2.24, 2.45) is 4.99 Å². The summed E-state index contributed by atoms with van der Waals surface area (Å²) in [6.45, 7) is 0. The largest absolute Gasteiger partial charge is 0.493 e. The van der Waals surface area contributed by atoms with Crippen molar-refractivity contribution in [1.82, 2.24) is 4.98 Å². The highest BCUT2D eigenvalue weighted by atomic mass is 32.2. The molecule has 0 saturated carbocycles. The second-order valence-corrected chi connectivity index (χ2v) is 12.5. The maximum atomic E-state index is 13.7. The van der Waals surface area contributed by atoms with Crippen LogP contribution in [0.1, 0.15) is 22.8 Å². The van der Waals surface area contributed by atoms with Gasteiger partial charge in [-0.25, -0.2) is 13.4 Å². The summed E-state index contributed by atoms with van der Waals surface area (Å²) in [7, 11) is 1.17. The van der Waals surface area contributed by atoms with Crippen LogP contribution < -0.4 is 19.5 Å². The molecule has 1 unspecified atom stereocenters. The van der Waals surface area contributed by atoms with Crippen LogP contribution in [0, 0.1) is 0 Å². The molecule has 0 aliphatic heterocycles. The number of sulfone groups is 1. The first kappa shape index (κ1) is 29.7. The van der Waals surface area contributed by atoms with Gasteiger partial charge in [0.1, 0.15) is 5.75 Å². The van der Waals surface area contributed by atoms with Gasteiger partial charge in [-0.05, 0) is 47.5 Å². The number of aliphatic imine (C=N–C) groups is 1. The van der Waals surface area contributed by atoms with Crippen LogP contribution in [0.15, 0.2) is 101 Å². The van der Waals surface area contributed by atoms with E-state index in [0.717, 1.165) is 10.3 Å². The number of hydrogen-bond donors (Lipinski definition) is 1. The number of nitrogens with zero attached hydrogens (tertiary/aromatic N) is 2.